The van der Waals surface area contributed by atoms with E-state index in [-0.39, 0.29) is 12.3 Å². The standard InChI is InChI=1S/C9H13N3O2/c1-6-8(5-13)7(2)12(11-6)4-3-9(10)14/h5H,3-4H2,1-2H3,(H2,10,14). The lowest BCUT2D eigenvalue weighted by Gasteiger charge is -2.01. The van der Waals surface area contributed by atoms with Gasteiger partial charge in [0, 0.05) is 18.7 Å². The molecule has 0 saturated heterocycles. The molecule has 0 spiro atoms. The third-order valence-corrected chi connectivity index (χ3v) is 2.13. The van der Waals surface area contributed by atoms with Crippen molar-refractivity contribution in [2.75, 3.05) is 0 Å². The summed E-state index contributed by atoms with van der Waals surface area (Å²) in [6.07, 6.45) is 1.01. The minimum absolute atomic E-state index is 0.236. The maximum Gasteiger partial charge on any atom is 0.219 e. The van der Waals surface area contributed by atoms with Crippen molar-refractivity contribution in [1.29, 1.82) is 0 Å². The van der Waals surface area contributed by atoms with Gasteiger partial charge in [-0.3, -0.25) is 14.3 Å². The topological polar surface area (TPSA) is 78.0 Å². The molecule has 1 heterocycles. The first kappa shape index (κ1) is 10.4. The van der Waals surface area contributed by atoms with E-state index in [0.29, 0.717) is 17.8 Å². The van der Waals surface area contributed by atoms with E-state index in [1.807, 2.05) is 0 Å². The molecule has 0 bridgehead atoms. The normalized spacial score (nSPS) is 10.1. The number of carbonyl (C=O) groups is 2. The van der Waals surface area contributed by atoms with Crippen LogP contribution in [0.2, 0.25) is 0 Å². The lowest BCUT2D eigenvalue weighted by molar-refractivity contribution is -0.118. The van der Waals surface area contributed by atoms with Crippen molar-refractivity contribution in [3.8, 4) is 0 Å². The summed E-state index contributed by atoms with van der Waals surface area (Å²) in [5.41, 5.74) is 7.07. The van der Waals surface area contributed by atoms with E-state index in [1.165, 1.54) is 0 Å². The summed E-state index contributed by atoms with van der Waals surface area (Å²) in [6.45, 7) is 3.98. The molecule has 1 aromatic heterocycles. The van der Waals surface area contributed by atoms with Crippen LogP contribution in [0, 0.1) is 13.8 Å². The predicted molar refractivity (Wildman–Crippen MR) is 50.9 cm³/mol. The number of aryl methyl sites for hydroxylation is 2. The maximum atomic E-state index is 10.7. The summed E-state index contributed by atoms with van der Waals surface area (Å²) in [5.74, 6) is -0.370. The van der Waals surface area contributed by atoms with E-state index in [1.54, 1.807) is 18.5 Å². The van der Waals surface area contributed by atoms with Crippen molar-refractivity contribution in [3.63, 3.8) is 0 Å². The molecule has 0 unspecified atom stereocenters. The lowest BCUT2D eigenvalue weighted by Crippen LogP contribution is -2.15. The second kappa shape index (κ2) is 4.04. The van der Waals surface area contributed by atoms with Gasteiger partial charge in [0.05, 0.1) is 11.3 Å². The van der Waals surface area contributed by atoms with E-state index in [2.05, 4.69) is 5.10 Å². The SMILES string of the molecule is Cc1nn(CCC(N)=O)c(C)c1C=O. The molecule has 1 aromatic rings. The monoisotopic (exact) mass is 195 g/mol. The average molecular weight is 195 g/mol. The Morgan fingerprint density at radius 3 is 2.64 bits per heavy atom. The third-order valence-electron chi connectivity index (χ3n) is 2.13. The maximum absolute atomic E-state index is 10.7. The second-order valence-electron chi connectivity index (χ2n) is 3.14. The number of nitrogens with zero attached hydrogens (tertiary/aromatic N) is 2. The van der Waals surface area contributed by atoms with Gasteiger partial charge in [0.2, 0.25) is 5.91 Å². The van der Waals surface area contributed by atoms with Gasteiger partial charge >= 0.3 is 0 Å². The van der Waals surface area contributed by atoms with Crippen LogP contribution in [0.15, 0.2) is 0 Å². The van der Waals surface area contributed by atoms with Gasteiger partial charge in [-0.05, 0) is 13.8 Å². The Morgan fingerprint density at radius 1 is 1.57 bits per heavy atom. The molecular formula is C9H13N3O2. The van der Waals surface area contributed by atoms with Gasteiger partial charge in [-0.15, -0.1) is 0 Å². The largest absolute Gasteiger partial charge is 0.370 e. The van der Waals surface area contributed by atoms with Gasteiger partial charge in [0.15, 0.2) is 6.29 Å². The Kier molecular flexibility index (Phi) is 3.01. The molecule has 0 radical (unpaired) electrons. The molecular weight excluding hydrogens is 182 g/mol. The van der Waals surface area contributed by atoms with Crippen LogP contribution in [0.5, 0.6) is 0 Å². The fourth-order valence-electron chi connectivity index (χ4n) is 1.32. The number of aromatic nitrogens is 2. The summed E-state index contributed by atoms with van der Waals surface area (Å²) in [7, 11) is 0. The second-order valence-corrected chi connectivity index (χ2v) is 3.14. The Morgan fingerprint density at radius 2 is 2.21 bits per heavy atom. The smallest absolute Gasteiger partial charge is 0.219 e. The van der Waals surface area contributed by atoms with Gasteiger partial charge in [-0.1, -0.05) is 0 Å². The Balaban J connectivity index is 2.88. The molecule has 0 atom stereocenters. The summed E-state index contributed by atoms with van der Waals surface area (Å²) < 4.78 is 1.63. The summed E-state index contributed by atoms with van der Waals surface area (Å²) in [4.78, 5) is 21.2. The van der Waals surface area contributed by atoms with E-state index in [9.17, 15) is 9.59 Å². The van der Waals surface area contributed by atoms with Crippen LogP contribution >= 0.6 is 0 Å². The molecule has 5 heteroatoms. The quantitative estimate of drug-likeness (QED) is 0.696. The van der Waals surface area contributed by atoms with E-state index in [4.69, 9.17) is 5.73 Å². The molecule has 1 rings (SSSR count). The number of aldehydes is 1. The van der Waals surface area contributed by atoms with Crippen molar-refractivity contribution >= 4 is 12.2 Å². The molecule has 0 saturated carbocycles. The van der Waals surface area contributed by atoms with Crippen molar-refractivity contribution < 1.29 is 9.59 Å². The van der Waals surface area contributed by atoms with Crippen molar-refractivity contribution in [3.05, 3.63) is 17.0 Å². The number of amides is 1. The Bertz CT molecular complexity index is 368. The number of hydrogen-bond acceptors (Lipinski definition) is 3. The molecule has 0 aromatic carbocycles. The molecule has 14 heavy (non-hydrogen) atoms. The first-order valence-electron chi connectivity index (χ1n) is 4.33. The van der Waals surface area contributed by atoms with Crippen molar-refractivity contribution in [2.24, 2.45) is 5.73 Å². The summed E-state index contributed by atoms with van der Waals surface area (Å²) >= 11 is 0. The van der Waals surface area contributed by atoms with Crippen LogP contribution in [0.3, 0.4) is 0 Å². The van der Waals surface area contributed by atoms with Crippen LogP contribution in [-0.2, 0) is 11.3 Å². The Labute approximate surface area is 81.9 Å². The van der Waals surface area contributed by atoms with E-state index in [0.717, 1.165) is 12.0 Å². The van der Waals surface area contributed by atoms with Crippen LogP contribution < -0.4 is 5.73 Å². The first-order chi connectivity index (χ1) is 6.56. The van der Waals surface area contributed by atoms with Gasteiger partial charge in [0.1, 0.15) is 0 Å². The molecule has 0 aliphatic carbocycles. The number of primary amides is 1. The van der Waals surface area contributed by atoms with Crippen molar-refractivity contribution in [1.82, 2.24) is 9.78 Å². The molecule has 0 aliphatic heterocycles. The molecule has 0 aliphatic rings. The average Bonchev–Trinajstić information content (AvgIpc) is 2.38. The lowest BCUT2D eigenvalue weighted by atomic mass is 10.2. The van der Waals surface area contributed by atoms with Crippen molar-refractivity contribution in [2.45, 2.75) is 26.8 Å². The minimum atomic E-state index is -0.370. The highest BCUT2D eigenvalue weighted by molar-refractivity contribution is 5.78. The zero-order valence-electron chi connectivity index (χ0n) is 8.28. The van der Waals surface area contributed by atoms with Gasteiger partial charge < -0.3 is 5.73 Å². The van der Waals surface area contributed by atoms with Crippen LogP contribution in [-0.4, -0.2) is 22.0 Å². The van der Waals surface area contributed by atoms with Gasteiger partial charge in [-0.25, -0.2) is 0 Å². The molecule has 76 valence electrons. The van der Waals surface area contributed by atoms with E-state index < -0.39 is 0 Å². The number of carbonyl (C=O) groups excluding carboxylic acids is 2. The molecule has 2 N–H and O–H groups in total. The third kappa shape index (κ3) is 1.99. The van der Waals surface area contributed by atoms with Crippen LogP contribution in [0.4, 0.5) is 0 Å². The molecule has 5 nitrogen and oxygen atoms in total. The molecule has 0 fully saturated rings. The highest BCUT2D eigenvalue weighted by Gasteiger charge is 2.10. The van der Waals surface area contributed by atoms with Gasteiger partial charge in [0.25, 0.3) is 0 Å². The van der Waals surface area contributed by atoms with Gasteiger partial charge in [-0.2, -0.15) is 5.10 Å². The fourth-order valence-corrected chi connectivity index (χ4v) is 1.32. The minimum Gasteiger partial charge on any atom is -0.370 e. The van der Waals surface area contributed by atoms with Crippen LogP contribution in [0.25, 0.3) is 0 Å². The fraction of sp³-hybridized carbons (Fsp3) is 0.444. The number of hydrogen-bond donors (Lipinski definition) is 1. The van der Waals surface area contributed by atoms with E-state index >= 15 is 0 Å². The van der Waals surface area contributed by atoms with Crippen LogP contribution in [0.1, 0.15) is 28.2 Å². The zero-order chi connectivity index (χ0) is 10.7. The summed E-state index contributed by atoms with van der Waals surface area (Å²) in [5, 5.41) is 4.13. The Hall–Kier alpha value is -1.65. The number of nitrogens with two attached hydrogens (primary N) is 1. The predicted octanol–water partition coefficient (Wildman–Crippen LogP) is 0.188. The number of rotatable bonds is 4. The summed E-state index contributed by atoms with van der Waals surface area (Å²) in [6, 6.07) is 0. The first-order valence-corrected chi connectivity index (χ1v) is 4.33. The zero-order valence-corrected chi connectivity index (χ0v) is 8.28. The molecule has 1 amide bonds. The highest BCUT2D eigenvalue weighted by atomic mass is 16.1. The highest BCUT2D eigenvalue weighted by Crippen LogP contribution is 2.10.